The molecule has 0 saturated heterocycles. The highest BCUT2D eigenvalue weighted by atomic mass is 16.7. The van der Waals surface area contributed by atoms with E-state index in [0.29, 0.717) is 38.5 Å². The van der Waals surface area contributed by atoms with Gasteiger partial charge in [-0.05, 0) is 69.9 Å². The number of carbonyl (C=O) groups is 3. The summed E-state index contributed by atoms with van der Waals surface area (Å²) >= 11 is 0. The van der Waals surface area contributed by atoms with E-state index in [2.05, 4.69) is 22.5 Å². The van der Waals surface area contributed by atoms with E-state index in [4.69, 9.17) is 14.2 Å². The van der Waals surface area contributed by atoms with Gasteiger partial charge in [0.1, 0.15) is 17.4 Å². The van der Waals surface area contributed by atoms with E-state index >= 15 is 0 Å². The number of carbonyl (C=O) groups excluding carboxylic acids is 3. The lowest BCUT2D eigenvalue weighted by molar-refractivity contribution is -0.161. The van der Waals surface area contributed by atoms with E-state index in [1.165, 1.54) is 0 Å². The van der Waals surface area contributed by atoms with Gasteiger partial charge in [-0.2, -0.15) is 0 Å². The van der Waals surface area contributed by atoms with Gasteiger partial charge in [0.15, 0.2) is 6.29 Å². The lowest BCUT2D eigenvalue weighted by Crippen LogP contribution is -2.52. The van der Waals surface area contributed by atoms with Gasteiger partial charge in [0.05, 0.1) is 6.54 Å². The van der Waals surface area contributed by atoms with Crippen LogP contribution in [-0.4, -0.2) is 66.5 Å². The maximum atomic E-state index is 14.5. The normalized spacial score (nSPS) is 12.4. The Hall–Kier alpha value is -4.67. The first-order valence-corrected chi connectivity index (χ1v) is 17.3. The van der Waals surface area contributed by atoms with Gasteiger partial charge in [-0.1, -0.05) is 78.9 Å². The third kappa shape index (κ3) is 14.8. The van der Waals surface area contributed by atoms with Crippen LogP contribution in [0.4, 0.5) is 4.79 Å². The quantitative estimate of drug-likeness (QED) is 0.0970. The van der Waals surface area contributed by atoms with Crippen LogP contribution in [0.1, 0.15) is 64.2 Å². The van der Waals surface area contributed by atoms with Gasteiger partial charge in [-0.3, -0.25) is 9.59 Å². The molecule has 3 aromatic rings. The number of amides is 4. The third-order valence-corrected chi connectivity index (χ3v) is 7.54. The van der Waals surface area contributed by atoms with Gasteiger partial charge < -0.3 is 35.1 Å². The summed E-state index contributed by atoms with van der Waals surface area (Å²) < 4.78 is 17.6. The average molecular weight is 687 g/mol. The van der Waals surface area contributed by atoms with Gasteiger partial charge in [0.2, 0.25) is 11.8 Å². The molecule has 0 saturated carbocycles. The number of rotatable bonds is 20. The van der Waals surface area contributed by atoms with E-state index in [9.17, 15) is 14.4 Å². The molecule has 0 fully saturated rings. The Morgan fingerprint density at radius 2 is 1.42 bits per heavy atom. The Morgan fingerprint density at radius 3 is 1.98 bits per heavy atom. The van der Waals surface area contributed by atoms with E-state index in [-0.39, 0.29) is 36.8 Å². The van der Waals surface area contributed by atoms with Crippen molar-refractivity contribution in [3.8, 4) is 5.75 Å². The fourth-order valence-electron chi connectivity index (χ4n) is 5.33. The number of nitrogens with one attached hydrogen (secondary N) is 3. The maximum Gasteiger partial charge on any atom is 0.315 e. The molecule has 0 aliphatic heterocycles. The molecule has 0 heterocycles. The Labute approximate surface area is 297 Å². The Bertz CT molecular complexity index is 1450. The van der Waals surface area contributed by atoms with E-state index in [1.54, 1.807) is 11.0 Å². The van der Waals surface area contributed by atoms with Crippen LogP contribution in [0.3, 0.4) is 0 Å². The van der Waals surface area contributed by atoms with Crippen molar-refractivity contribution in [2.75, 3.05) is 19.8 Å². The van der Waals surface area contributed by atoms with Crippen molar-refractivity contribution in [2.24, 2.45) is 0 Å². The first kappa shape index (κ1) is 39.8. The summed E-state index contributed by atoms with van der Waals surface area (Å²) in [4.78, 5) is 42.6. The second-order valence-electron chi connectivity index (χ2n) is 13.0. The molecule has 4 amide bonds. The first-order valence-electron chi connectivity index (χ1n) is 17.3. The van der Waals surface area contributed by atoms with Crippen molar-refractivity contribution in [3.05, 3.63) is 114 Å². The minimum Gasteiger partial charge on any atom is -0.488 e. The van der Waals surface area contributed by atoms with E-state index in [1.807, 2.05) is 120 Å². The summed E-state index contributed by atoms with van der Waals surface area (Å²) in [6.45, 7) is 15.1. The molecule has 50 heavy (non-hydrogen) atoms. The molecule has 10 nitrogen and oxygen atoms in total. The largest absolute Gasteiger partial charge is 0.488 e. The Morgan fingerprint density at radius 1 is 0.820 bits per heavy atom. The Kier molecular flexibility index (Phi) is 16.5. The number of benzene rings is 3. The second kappa shape index (κ2) is 20.8. The van der Waals surface area contributed by atoms with Gasteiger partial charge in [0.25, 0.3) is 0 Å². The van der Waals surface area contributed by atoms with Crippen LogP contribution in [0, 0.1) is 0 Å². The molecule has 2 atom stereocenters. The van der Waals surface area contributed by atoms with Crippen LogP contribution in [0.2, 0.25) is 0 Å². The molecule has 3 N–H and O–H groups in total. The average Bonchev–Trinajstić information content (AvgIpc) is 3.08. The minimum atomic E-state index is -0.916. The number of hydrogen-bond donors (Lipinski definition) is 3. The molecule has 10 heteroatoms. The van der Waals surface area contributed by atoms with Crippen molar-refractivity contribution < 1.29 is 28.6 Å². The zero-order chi connectivity index (χ0) is 36.4. The molecule has 270 valence electrons. The number of urea groups is 1. The smallest absolute Gasteiger partial charge is 0.315 e. The zero-order valence-corrected chi connectivity index (χ0v) is 30.2. The fourth-order valence-corrected chi connectivity index (χ4v) is 5.33. The van der Waals surface area contributed by atoms with Crippen molar-refractivity contribution >= 4 is 17.8 Å². The third-order valence-electron chi connectivity index (χ3n) is 7.54. The highest BCUT2D eigenvalue weighted by Gasteiger charge is 2.30. The summed E-state index contributed by atoms with van der Waals surface area (Å²) in [7, 11) is 0. The first-order chi connectivity index (χ1) is 24.0. The molecular formula is C40H54N4O6. The van der Waals surface area contributed by atoms with Crippen LogP contribution in [0.25, 0.3) is 0 Å². The molecule has 3 aromatic carbocycles. The molecule has 0 aliphatic rings. The molecule has 0 spiro atoms. The molecule has 0 bridgehead atoms. The zero-order valence-electron chi connectivity index (χ0n) is 30.2. The maximum absolute atomic E-state index is 14.5. The number of ether oxygens (including phenoxy) is 3. The summed E-state index contributed by atoms with van der Waals surface area (Å²) in [5.74, 6) is 0.0477. The van der Waals surface area contributed by atoms with Gasteiger partial charge >= 0.3 is 6.03 Å². The summed E-state index contributed by atoms with van der Waals surface area (Å²) in [5, 5.41) is 8.71. The van der Waals surface area contributed by atoms with Gasteiger partial charge in [0, 0.05) is 45.2 Å². The van der Waals surface area contributed by atoms with Crippen LogP contribution in [0.15, 0.2) is 97.6 Å². The predicted molar refractivity (Wildman–Crippen MR) is 196 cm³/mol. The van der Waals surface area contributed by atoms with Crippen LogP contribution in [-0.2, 0) is 38.6 Å². The molecule has 0 unspecified atom stereocenters. The minimum absolute atomic E-state index is 0.0495. The van der Waals surface area contributed by atoms with Crippen molar-refractivity contribution in [1.29, 1.82) is 0 Å². The highest BCUT2D eigenvalue weighted by molar-refractivity contribution is 5.88. The summed E-state index contributed by atoms with van der Waals surface area (Å²) in [6.07, 6.45) is 1.56. The lowest BCUT2D eigenvalue weighted by Gasteiger charge is -2.31. The van der Waals surface area contributed by atoms with Crippen molar-refractivity contribution in [1.82, 2.24) is 20.9 Å². The van der Waals surface area contributed by atoms with Gasteiger partial charge in [-0.25, -0.2) is 4.79 Å². The summed E-state index contributed by atoms with van der Waals surface area (Å²) in [5.41, 5.74) is 2.36. The monoisotopic (exact) mass is 686 g/mol. The topological polar surface area (TPSA) is 118 Å². The summed E-state index contributed by atoms with van der Waals surface area (Å²) in [6, 6.07) is 24.9. The highest BCUT2D eigenvalue weighted by Crippen LogP contribution is 2.20. The van der Waals surface area contributed by atoms with Crippen LogP contribution >= 0.6 is 0 Å². The van der Waals surface area contributed by atoms with E-state index in [0.717, 1.165) is 16.7 Å². The van der Waals surface area contributed by atoms with Crippen molar-refractivity contribution in [2.45, 2.75) is 90.9 Å². The van der Waals surface area contributed by atoms with Crippen LogP contribution in [0.5, 0.6) is 5.75 Å². The predicted octanol–water partition coefficient (Wildman–Crippen LogP) is 6.15. The standard InChI is InChI=1S/C40H54N4O6/c1-7-16-33(42-39(47)41-27-31-17-12-10-13-18-31)26-36(45)43-35(25-30-21-23-34(24-22-30)50-40(4,5)6)38(46)44(28-32-19-14-11-15-20-32)29-37(48-8-2)49-9-3/h7,10-15,17-24,33,35,37H,1,8-9,16,25-29H2,2-6H3,(H,43,45)(H2,41,42,47)/t33-,35+/m1/s1. The fraction of sp³-hybridized carbons (Fsp3) is 0.425. The molecule has 0 aromatic heterocycles. The van der Waals surface area contributed by atoms with Crippen molar-refractivity contribution in [3.63, 3.8) is 0 Å². The van der Waals surface area contributed by atoms with Crippen LogP contribution < -0.4 is 20.7 Å². The molecule has 0 aliphatic carbocycles. The van der Waals surface area contributed by atoms with E-state index < -0.39 is 24.4 Å². The molecular weight excluding hydrogens is 632 g/mol. The Balaban J connectivity index is 1.83. The number of nitrogens with zero attached hydrogens (tertiary/aromatic N) is 1. The number of hydrogen-bond acceptors (Lipinski definition) is 6. The van der Waals surface area contributed by atoms with Gasteiger partial charge in [-0.15, -0.1) is 6.58 Å². The lowest BCUT2D eigenvalue weighted by atomic mass is 10.0. The second-order valence-corrected chi connectivity index (χ2v) is 13.0. The molecule has 3 rings (SSSR count). The molecule has 0 radical (unpaired) electrons. The SMILES string of the molecule is C=CC[C@H](CC(=O)N[C@@H](Cc1ccc(OC(C)(C)C)cc1)C(=O)N(Cc1ccccc1)CC(OCC)OCC)NC(=O)NCc1ccccc1.